The predicted octanol–water partition coefficient (Wildman–Crippen LogP) is 4.43. The van der Waals surface area contributed by atoms with Crippen LogP contribution in [0, 0.1) is 5.82 Å². The molecule has 0 saturated heterocycles. The van der Waals surface area contributed by atoms with Gasteiger partial charge in [-0.3, -0.25) is 0 Å². The van der Waals surface area contributed by atoms with Crippen molar-refractivity contribution in [1.29, 1.82) is 0 Å². The Morgan fingerprint density at radius 3 is 2.50 bits per heavy atom. The topological polar surface area (TPSA) is 12.0 Å². The molecule has 0 saturated carbocycles. The van der Waals surface area contributed by atoms with Gasteiger partial charge in [0.25, 0.3) is 0 Å². The van der Waals surface area contributed by atoms with Crippen LogP contribution in [0.1, 0.15) is 23.4 Å². The van der Waals surface area contributed by atoms with E-state index < -0.39 is 0 Å². The van der Waals surface area contributed by atoms with E-state index in [9.17, 15) is 4.39 Å². The minimum absolute atomic E-state index is 0.196. The molecule has 18 heavy (non-hydrogen) atoms. The van der Waals surface area contributed by atoms with E-state index in [4.69, 9.17) is 11.6 Å². The number of halogens is 2. The Hall–Kier alpha value is -0.900. The van der Waals surface area contributed by atoms with E-state index >= 15 is 0 Å². The maximum Gasteiger partial charge on any atom is 0.123 e. The SMILES string of the molecule is CCNC(Cc1ccc(F)cc1)c1ccc(Cl)s1. The van der Waals surface area contributed by atoms with Gasteiger partial charge in [0, 0.05) is 10.9 Å². The lowest BCUT2D eigenvalue weighted by molar-refractivity contribution is 0.557. The zero-order valence-corrected chi connectivity index (χ0v) is 11.7. The lowest BCUT2D eigenvalue weighted by atomic mass is 10.0. The third-order valence-corrected chi connectivity index (χ3v) is 4.09. The summed E-state index contributed by atoms with van der Waals surface area (Å²) in [5, 5.41) is 3.43. The lowest BCUT2D eigenvalue weighted by Crippen LogP contribution is -2.22. The van der Waals surface area contributed by atoms with Gasteiger partial charge in [-0.25, -0.2) is 4.39 Å². The van der Waals surface area contributed by atoms with Crippen LogP contribution in [0.4, 0.5) is 4.39 Å². The highest BCUT2D eigenvalue weighted by atomic mass is 35.5. The summed E-state index contributed by atoms with van der Waals surface area (Å²) >= 11 is 7.56. The summed E-state index contributed by atoms with van der Waals surface area (Å²) in [5.41, 5.74) is 1.12. The van der Waals surface area contributed by atoms with Crippen LogP contribution in [0.5, 0.6) is 0 Å². The number of benzene rings is 1. The first-order valence-electron chi connectivity index (χ1n) is 5.92. The van der Waals surface area contributed by atoms with Crippen molar-refractivity contribution < 1.29 is 4.39 Å². The van der Waals surface area contributed by atoms with Crippen LogP contribution >= 0.6 is 22.9 Å². The summed E-state index contributed by atoms with van der Waals surface area (Å²) in [7, 11) is 0. The molecule has 0 aliphatic carbocycles. The molecule has 1 aromatic heterocycles. The number of hydrogen-bond acceptors (Lipinski definition) is 2. The van der Waals surface area contributed by atoms with Crippen LogP contribution in [0.2, 0.25) is 4.34 Å². The van der Waals surface area contributed by atoms with Crippen molar-refractivity contribution in [2.24, 2.45) is 0 Å². The minimum Gasteiger partial charge on any atom is -0.309 e. The molecule has 1 heterocycles. The zero-order chi connectivity index (χ0) is 13.0. The van der Waals surface area contributed by atoms with Crippen LogP contribution in [0.15, 0.2) is 36.4 Å². The number of thiophene rings is 1. The van der Waals surface area contributed by atoms with Gasteiger partial charge in [-0.15, -0.1) is 11.3 Å². The summed E-state index contributed by atoms with van der Waals surface area (Å²) in [6.07, 6.45) is 0.838. The second kappa shape index (κ2) is 6.32. The lowest BCUT2D eigenvalue weighted by Gasteiger charge is -2.16. The third kappa shape index (κ3) is 3.55. The Bertz CT molecular complexity index is 495. The monoisotopic (exact) mass is 283 g/mol. The fourth-order valence-corrected chi connectivity index (χ4v) is 3.03. The van der Waals surface area contributed by atoms with Gasteiger partial charge in [-0.05, 0) is 42.8 Å². The molecule has 0 aliphatic heterocycles. The smallest absolute Gasteiger partial charge is 0.123 e. The molecule has 0 radical (unpaired) electrons. The molecule has 1 N–H and O–H groups in total. The Kier molecular flexibility index (Phi) is 4.75. The molecule has 1 aromatic carbocycles. The van der Waals surface area contributed by atoms with Crippen LogP contribution in [0.3, 0.4) is 0 Å². The van der Waals surface area contributed by atoms with Gasteiger partial charge in [0.05, 0.1) is 4.34 Å². The fourth-order valence-electron chi connectivity index (χ4n) is 1.89. The molecule has 0 fully saturated rings. The highest BCUT2D eigenvalue weighted by Crippen LogP contribution is 2.29. The van der Waals surface area contributed by atoms with Crippen molar-refractivity contribution in [3.8, 4) is 0 Å². The number of nitrogens with one attached hydrogen (secondary N) is 1. The maximum atomic E-state index is 12.9. The average molecular weight is 284 g/mol. The number of rotatable bonds is 5. The van der Waals surface area contributed by atoms with Crippen molar-refractivity contribution in [3.05, 3.63) is 57.0 Å². The van der Waals surface area contributed by atoms with E-state index in [0.29, 0.717) is 0 Å². The quantitative estimate of drug-likeness (QED) is 0.856. The van der Waals surface area contributed by atoms with Gasteiger partial charge in [-0.1, -0.05) is 30.7 Å². The molecule has 1 unspecified atom stereocenters. The largest absolute Gasteiger partial charge is 0.309 e. The summed E-state index contributed by atoms with van der Waals surface area (Å²) < 4.78 is 13.7. The van der Waals surface area contributed by atoms with E-state index in [2.05, 4.69) is 12.2 Å². The second-order valence-electron chi connectivity index (χ2n) is 4.08. The number of likely N-dealkylation sites (N-methyl/N-ethyl adjacent to an activating group) is 1. The summed E-state index contributed by atoms with van der Waals surface area (Å²) in [6.45, 7) is 2.97. The van der Waals surface area contributed by atoms with Crippen LogP contribution in [-0.4, -0.2) is 6.54 Å². The molecule has 2 rings (SSSR count). The molecular weight excluding hydrogens is 269 g/mol. The van der Waals surface area contributed by atoms with Gasteiger partial charge in [0.2, 0.25) is 0 Å². The zero-order valence-electron chi connectivity index (χ0n) is 10.1. The third-order valence-electron chi connectivity index (χ3n) is 2.74. The molecular formula is C14H15ClFNS. The van der Waals surface area contributed by atoms with Crippen LogP contribution in [-0.2, 0) is 6.42 Å². The second-order valence-corrected chi connectivity index (χ2v) is 5.83. The van der Waals surface area contributed by atoms with Crippen molar-refractivity contribution in [2.45, 2.75) is 19.4 Å². The first kappa shape index (κ1) is 13.5. The van der Waals surface area contributed by atoms with Gasteiger partial charge in [-0.2, -0.15) is 0 Å². The standard InChI is InChI=1S/C14H15ClFNS/c1-2-17-12(13-7-8-14(15)18-13)9-10-3-5-11(16)6-4-10/h3-8,12,17H,2,9H2,1H3. The molecule has 0 amide bonds. The van der Waals surface area contributed by atoms with Crippen molar-refractivity contribution in [2.75, 3.05) is 6.54 Å². The molecule has 2 aromatic rings. The molecule has 4 heteroatoms. The molecule has 96 valence electrons. The molecule has 0 spiro atoms. The van der Waals surface area contributed by atoms with Crippen molar-refractivity contribution in [1.82, 2.24) is 5.32 Å². The number of hydrogen-bond donors (Lipinski definition) is 1. The van der Waals surface area contributed by atoms with Gasteiger partial charge in [0.15, 0.2) is 0 Å². The van der Waals surface area contributed by atoms with Crippen molar-refractivity contribution >= 4 is 22.9 Å². The highest BCUT2D eigenvalue weighted by molar-refractivity contribution is 7.16. The normalized spacial score (nSPS) is 12.6. The van der Waals surface area contributed by atoms with Gasteiger partial charge in [0.1, 0.15) is 5.82 Å². The predicted molar refractivity (Wildman–Crippen MR) is 75.9 cm³/mol. The maximum absolute atomic E-state index is 12.9. The molecule has 1 atom stereocenters. The minimum atomic E-state index is -0.196. The summed E-state index contributed by atoms with van der Waals surface area (Å²) in [5.74, 6) is -0.196. The van der Waals surface area contributed by atoms with E-state index in [1.165, 1.54) is 17.0 Å². The van der Waals surface area contributed by atoms with Gasteiger partial charge < -0.3 is 5.32 Å². The first-order chi connectivity index (χ1) is 8.69. The Balaban J connectivity index is 2.13. The van der Waals surface area contributed by atoms with Gasteiger partial charge >= 0.3 is 0 Å². The van der Waals surface area contributed by atoms with Crippen LogP contribution < -0.4 is 5.32 Å². The molecule has 1 nitrogen and oxygen atoms in total. The average Bonchev–Trinajstić information content (AvgIpc) is 2.78. The van der Waals surface area contributed by atoms with Crippen LogP contribution in [0.25, 0.3) is 0 Å². The van der Waals surface area contributed by atoms with E-state index in [1.807, 2.05) is 24.3 Å². The Morgan fingerprint density at radius 2 is 1.94 bits per heavy atom. The first-order valence-corrected chi connectivity index (χ1v) is 7.11. The Morgan fingerprint density at radius 1 is 1.22 bits per heavy atom. The highest BCUT2D eigenvalue weighted by Gasteiger charge is 2.13. The van der Waals surface area contributed by atoms with Crippen molar-refractivity contribution in [3.63, 3.8) is 0 Å². The van der Waals surface area contributed by atoms with E-state index in [-0.39, 0.29) is 11.9 Å². The summed E-state index contributed by atoms with van der Waals surface area (Å²) in [6, 6.07) is 10.8. The van der Waals surface area contributed by atoms with E-state index in [0.717, 1.165) is 22.9 Å². The fraction of sp³-hybridized carbons (Fsp3) is 0.286. The summed E-state index contributed by atoms with van der Waals surface area (Å²) in [4.78, 5) is 1.21. The van der Waals surface area contributed by atoms with E-state index in [1.54, 1.807) is 11.3 Å². The molecule has 0 aliphatic rings. The Labute approximate surface area is 116 Å². The molecule has 0 bridgehead atoms.